The third kappa shape index (κ3) is 4.44. The Labute approximate surface area is 141 Å². The fraction of sp³-hybridized carbons (Fsp3) is 0.529. The second-order valence-electron chi connectivity index (χ2n) is 5.93. The number of piperazine rings is 1. The average molecular weight is 337 g/mol. The molecule has 1 N–H and O–H groups in total. The molecule has 24 heavy (non-hydrogen) atoms. The average Bonchev–Trinajstić information content (AvgIpc) is 2.61. The molecule has 0 aromatic heterocycles. The van der Waals surface area contributed by atoms with E-state index in [4.69, 9.17) is 0 Å². The van der Waals surface area contributed by atoms with E-state index in [0.717, 1.165) is 31.9 Å². The van der Waals surface area contributed by atoms with Gasteiger partial charge in [0.05, 0.1) is 13.2 Å². The highest BCUT2D eigenvalue weighted by Crippen LogP contribution is 2.17. The molecule has 0 radical (unpaired) electrons. The molecule has 1 aromatic rings. The van der Waals surface area contributed by atoms with Crippen molar-refractivity contribution >= 4 is 17.6 Å². The zero-order valence-corrected chi connectivity index (χ0v) is 14.3. The molecule has 0 saturated carbocycles. The number of methoxy groups -OCH3 is 1. The monoisotopic (exact) mass is 337 g/mol. The van der Waals surface area contributed by atoms with E-state index in [0.29, 0.717) is 0 Å². The third-order valence-electron chi connectivity index (χ3n) is 4.35. The molecule has 0 aliphatic carbocycles. The fourth-order valence-corrected chi connectivity index (χ4v) is 2.75. The lowest BCUT2D eigenvalue weighted by atomic mass is 10.2. The molecular formula is C17H24FN3O3. The van der Waals surface area contributed by atoms with E-state index in [2.05, 4.69) is 19.9 Å². The van der Waals surface area contributed by atoms with Crippen LogP contribution in [-0.4, -0.2) is 62.1 Å². The van der Waals surface area contributed by atoms with Gasteiger partial charge in [0, 0.05) is 31.9 Å². The summed E-state index contributed by atoms with van der Waals surface area (Å²) in [5.41, 5.74) is 0.979. The predicted molar refractivity (Wildman–Crippen MR) is 89.3 cm³/mol. The number of halogens is 1. The summed E-state index contributed by atoms with van der Waals surface area (Å²) in [6.07, 6.45) is 0. The Kier molecular flexibility index (Phi) is 6.14. The minimum Gasteiger partial charge on any atom is -0.467 e. The van der Waals surface area contributed by atoms with Gasteiger partial charge >= 0.3 is 5.97 Å². The second-order valence-corrected chi connectivity index (χ2v) is 5.93. The number of ether oxygens (including phenoxy) is 1. The van der Waals surface area contributed by atoms with E-state index in [1.807, 2.05) is 6.92 Å². The maximum Gasteiger partial charge on any atom is 0.328 e. The molecule has 1 aromatic carbocycles. The maximum atomic E-state index is 13.0. The van der Waals surface area contributed by atoms with Crippen LogP contribution in [0.1, 0.15) is 13.8 Å². The Morgan fingerprint density at radius 3 is 2.25 bits per heavy atom. The van der Waals surface area contributed by atoms with Gasteiger partial charge in [0.15, 0.2) is 0 Å². The Morgan fingerprint density at radius 2 is 1.71 bits per heavy atom. The molecule has 0 bridgehead atoms. The van der Waals surface area contributed by atoms with E-state index >= 15 is 0 Å². The summed E-state index contributed by atoms with van der Waals surface area (Å²) in [5.74, 6) is -0.901. The molecule has 1 heterocycles. The quantitative estimate of drug-likeness (QED) is 0.813. The summed E-state index contributed by atoms with van der Waals surface area (Å²) in [6, 6.07) is 5.44. The van der Waals surface area contributed by atoms with Crippen LogP contribution in [0.25, 0.3) is 0 Å². The SMILES string of the molecule is COC(=O)[C@H](C)NC(=O)C(C)N1CCN(c2ccc(F)cc2)CC1. The van der Waals surface area contributed by atoms with E-state index < -0.39 is 12.0 Å². The topological polar surface area (TPSA) is 61.9 Å². The summed E-state index contributed by atoms with van der Waals surface area (Å²) >= 11 is 0. The molecule has 1 unspecified atom stereocenters. The molecule has 1 fully saturated rings. The number of rotatable bonds is 5. The van der Waals surface area contributed by atoms with Gasteiger partial charge in [0.2, 0.25) is 5.91 Å². The lowest BCUT2D eigenvalue weighted by molar-refractivity contribution is -0.145. The normalized spacial score (nSPS) is 17.9. The van der Waals surface area contributed by atoms with Crippen LogP contribution in [0, 0.1) is 5.82 Å². The zero-order chi connectivity index (χ0) is 17.7. The van der Waals surface area contributed by atoms with Gasteiger partial charge in [0.1, 0.15) is 11.9 Å². The van der Waals surface area contributed by atoms with E-state index in [-0.39, 0.29) is 17.8 Å². The Hall–Kier alpha value is -2.15. The van der Waals surface area contributed by atoms with Crippen LogP contribution in [0.4, 0.5) is 10.1 Å². The largest absolute Gasteiger partial charge is 0.467 e. The lowest BCUT2D eigenvalue weighted by Gasteiger charge is -2.38. The minimum atomic E-state index is -0.662. The first-order valence-electron chi connectivity index (χ1n) is 8.05. The van der Waals surface area contributed by atoms with Gasteiger partial charge < -0.3 is 15.0 Å². The van der Waals surface area contributed by atoms with Crippen molar-refractivity contribution in [3.05, 3.63) is 30.1 Å². The van der Waals surface area contributed by atoms with Gasteiger partial charge in [-0.1, -0.05) is 0 Å². The molecule has 1 amide bonds. The van der Waals surface area contributed by atoms with Crippen molar-refractivity contribution in [3.63, 3.8) is 0 Å². The summed E-state index contributed by atoms with van der Waals surface area (Å²) in [5, 5.41) is 2.67. The van der Waals surface area contributed by atoms with Crippen molar-refractivity contribution < 1.29 is 18.7 Å². The van der Waals surface area contributed by atoms with Crippen LogP contribution in [0.15, 0.2) is 24.3 Å². The first kappa shape index (κ1) is 18.2. The number of benzene rings is 1. The maximum absolute atomic E-state index is 13.0. The number of nitrogens with one attached hydrogen (secondary N) is 1. The van der Waals surface area contributed by atoms with Crippen LogP contribution in [0.3, 0.4) is 0 Å². The molecule has 1 saturated heterocycles. The van der Waals surface area contributed by atoms with Gasteiger partial charge in [-0.25, -0.2) is 9.18 Å². The summed E-state index contributed by atoms with van der Waals surface area (Å²) < 4.78 is 17.6. The molecule has 1 aliphatic heterocycles. The fourth-order valence-electron chi connectivity index (χ4n) is 2.75. The zero-order valence-electron chi connectivity index (χ0n) is 14.3. The standard InChI is InChI=1S/C17H24FN3O3/c1-12(17(23)24-3)19-16(22)13(2)20-8-10-21(11-9-20)15-6-4-14(18)5-7-15/h4-7,12-13H,8-11H2,1-3H3,(H,19,22)/t12-,13?/m0/s1. The van der Waals surface area contributed by atoms with E-state index in [9.17, 15) is 14.0 Å². The predicted octanol–water partition coefficient (Wildman–Crippen LogP) is 1.01. The van der Waals surface area contributed by atoms with Crippen molar-refractivity contribution in [2.75, 3.05) is 38.2 Å². The lowest BCUT2D eigenvalue weighted by Crippen LogP contribution is -2.55. The van der Waals surface area contributed by atoms with Crippen molar-refractivity contribution in [2.45, 2.75) is 25.9 Å². The molecule has 132 valence electrons. The van der Waals surface area contributed by atoms with Crippen molar-refractivity contribution in [2.24, 2.45) is 0 Å². The molecule has 2 rings (SSSR count). The van der Waals surface area contributed by atoms with Gasteiger partial charge in [0.25, 0.3) is 0 Å². The Balaban J connectivity index is 1.85. The number of anilines is 1. The van der Waals surface area contributed by atoms with Gasteiger partial charge in [-0.15, -0.1) is 0 Å². The minimum absolute atomic E-state index is 0.192. The molecule has 1 aliphatic rings. The number of carbonyl (C=O) groups is 2. The van der Waals surface area contributed by atoms with Crippen molar-refractivity contribution in [1.82, 2.24) is 10.2 Å². The van der Waals surface area contributed by atoms with Crippen molar-refractivity contribution in [3.8, 4) is 0 Å². The first-order valence-corrected chi connectivity index (χ1v) is 8.05. The number of amides is 1. The van der Waals surface area contributed by atoms with Crippen LogP contribution in [0.5, 0.6) is 0 Å². The first-order chi connectivity index (χ1) is 11.4. The molecule has 7 heteroatoms. The third-order valence-corrected chi connectivity index (χ3v) is 4.35. The summed E-state index contributed by atoms with van der Waals surface area (Å²) in [6.45, 7) is 6.39. The highest BCUT2D eigenvalue weighted by Gasteiger charge is 2.27. The Morgan fingerprint density at radius 1 is 1.12 bits per heavy atom. The summed E-state index contributed by atoms with van der Waals surface area (Å²) in [7, 11) is 1.29. The number of esters is 1. The molecule has 2 atom stereocenters. The molecular weight excluding hydrogens is 313 g/mol. The Bertz CT molecular complexity index is 571. The highest BCUT2D eigenvalue weighted by molar-refractivity contribution is 5.87. The van der Waals surface area contributed by atoms with Crippen LogP contribution in [0.2, 0.25) is 0 Å². The van der Waals surface area contributed by atoms with Crippen molar-refractivity contribution in [1.29, 1.82) is 0 Å². The van der Waals surface area contributed by atoms with Gasteiger partial charge in [-0.05, 0) is 38.1 Å². The number of nitrogens with zero attached hydrogens (tertiary/aromatic N) is 2. The molecule has 0 spiro atoms. The molecule has 6 nitrogen and oxygen atoms in total. The number of hydrogen-bond acceptors (Lipinski definition) is 5. The van der Waals surface area contributed by atoms with E-state index in [1.54, 1.807) is 19.1 Å². The summed E-state index contributed by atoms with van der Waals surface area (Å²) in [4.78, 5) is 27.9. The van der Waals surface area contributed by atoms with Gasteiger partial charge in [-0.3, -0.25) is 9.69 Å². The van der Waals surface area contributed by atoms with Crippen LogP contribution in [-0.2, 0) is 14.3 Å². The highest BCUT2D eigenvalue weighted by atomic mass is 19.1. The number of carbonyl (C=O) groups excluding carboxylic acids is 2. The van der Waals surface area contributed by atoms with Gasteiger partial charge in [-0.2, -0.15) is 0 Å². The van der Waals surface area contributed by atoms with Crippen LogP contribution >= 0.6 is 0 Å². The van der Waals surface area contributed by atoms with E-state index in [1.165, 1.54) is 19.2 Å². The van der Waals surface area contributed by atoms with Crippen LogP contribution < -0.4 is 10.2 Å². The second kappa shape index (κ2) is 8.10. The number of hydrogen-bond donors (Lipinski definition) is 1. The smallest absolute Gasteiger partial charge is 0.328 e.